The molecule has 4 aromatic rings. The number of carbonyl (C=O) groups excluding carboxylic acids is 1. The monoisotopic (exact) mass is 416 g/mol. The minimum atomic E-state index is -0.175. The van der Waals surface area contributed by atoms with Gasteiger partial charge in [0.2, 0.25) is 5.91 Å². The molecule has 1 amide bonds. The van der Waals surface area contributed by atoms with E-state index in [0.29, 0.717) is 6.42 Å². The molecular formula is C24H24N4OS. The third-order valence-corrected chi connectivity index (χ3v) is 5.67. The van der Waals surface area contributed by atoms with Crippen LogP contribution in [0.3, 0.4) is 0 Å². The molecule has 0 aliphatic carbocycles. The Bertz CT molecular complexity index is 1110. The Hall–Kier alpha value is -3.12. The second-order valence-electron chi connectivity index (χ2n) is 7.13. The highest BCUT2D eigenvalue weighted by atomic mass is 32.2. The minimum Gasteiger partial charge on any atom is -0.346 e. The van der Waals surface area contributed by atoms with Crippen LogP contribution in [-0.2, 0) is 11.2 Å². The molecule has 2 aromatic carbocycles. The molecule has 5 nitrogen and oxygen atoms in total. The van der Waals surface area contributed by atoms with E-state index in [1.165, 1.54) is 5.56 Å². The minimum absolute atomic E-state index is 0.0127. The zero-order valence-electron chi connectivity index (χ0n) is 16.9. The van der Waals surface area contributed by atoms with Gasteiger partial charge in [0, 0.05) is 6.20 Å². The molecule has 1 atom stereocenters. The second-order valence-corrected chi connectivity index (χ2v) is 8.11. The molecule has 0 aliphatic rings. The Morgan fingerprint density at radius 2 is 1.70 bits per heavy atom. The number of hydrogen-bond donors (Lipinski definition) is 1. The lowest BCUT2D eigenvalue weighted by atomic mass is 10.0. The van der Waals surface area contributed by atoms with Crippen molar-refractivity contribution in [3.05, 3.63) is 90.4 Å². The van der Waals surface area contributed by atoms with E-state index in [9.17, 15) is 4.79 Å². The van der Waals surface area contributed by atoms with Crippen molar-refractivity contribution in [2.24, 2.45) is 0 Å². The fourth-order valence-electron chi connectivity index (χ4n) is 3.48. The Morgan fingerprint density at radius 3 is 2.47 bits per heavy atom. The van der Waals surface area contributed by atoms with E-state index in [1.54, 1.807) is 11.8 Å². The molecule has 30 heavy (non-hydrogen) atoms. The van der Waals surface area contributed by atoms with Gasteiger partial charge in [-0.05, 0) is 47.3 Å². The summed E-state index contributed by atoms with van der Waals surface area (Å²) in [5.41, 5.74) is 4.09. The van der Waals surface area contributed by atoms with Crippen LogP contribution >= 0.6 is 11.8 Å². The van der Waals surface area contributed by atoms with Crippen LogP contribution in [0.25, 0.3) is 16.8 Å². The van der Waals surface area contributed by atoms with Crippen LogP contribution in [0.5, 0.6) is 0 Å². The Kier molecular flexibility index (Phi) is 6.44. The van der Waals surface area contributed by atoms with Crippen molar-refractivity contribution in [3.63, 3.8) is 0 Å². The average molecular weight is 417 g/mol. The first-order chi connectivity index (χ1) is 14.7. The first-order valence-corrected chi connectivity index (χ1v) is 11.4. The molecule has 2 aromatic heterocycles. The summed E-state index contributed by atoms with van der Waals surface area (Å²) < 4.78 is 1.94. The van der Waals surface area contributed by atoms with E-state index < -0.39 is 0 Å². The first kappa shape index (κ1) is 20.2. The number of pyridine rings is 1. The van der Waals surface area contributed by atoms with Crippen molar-refractivity contribution in [2.75, 3.05) is 12.0 Å². The molecule has 0 bridgehead atoms. The summed E-state index contributed by atoms with van der Waals surface area (Å²) in [6.45, 7) is 0. The van der Waals surface area contributed by atoms with Gasteiger partial charge in [0.1, 0.15) is 0 Å². The summed E-state index contributed by atoms with van der Waals surface area (Å²) >= 11 is 1.75. The number of nitrogens with zero attached hydrogens (tertiary/aromatic N) is 3. The van der Waals surface area contributed by atoms with Crippen LogP contribution in [0.2, 0.25) is 0 Å². The van der Waals surface area contributed by atoms with Crippen LogP contribution in [-0.4, -0.2) is 32.5 Å². The van der Waals surface area contributed by atoms with Gasteiger partial charge >= 0.3 is 0 Å². The molecule has 6 heteroatoms. The fourth-order valence-corrected chi connectivity index (χ4v) is 3.95. The van der Waals surface area contributed by atoms with E-state index in [4.69, 9.17) is 0 Å². The number of aromatic nitrogens is 3. The molecule has 4 rings (SSSR count). The number of nitrogens with one attached hydrogen (secondary N) is 1. The van der Waals surface area contributed by atoms with E-state index in [-0.39, 0.29) is 11.9 Å². The molecule has 0 saturated carbocycles. The number of fused-ring (bicyclic) bond motifs is 1. The highest BCUT2D eigenvalue weighted by Crippen LogP contribution is 2.21. The Balaban J connectivity index is 1.46. The smallest absolute Gasteiger partial charge is 0.225 e. The predicted octanol–water partition coefficient (Wildman–Crippen LogP) is 4.55. The number of hydrogen-bond acceptors (Lipinski definition) is 4. The van der Waals surface area contributed by atoms with Gasteiger partial charge in [0.25, 0.3) is 0 Å². The number of amides is 1. The van der Waals surface area contributed by atoms with Crippen LogP contribution in [0.1, 0.15) is 23.9 Å². The molecule has 0 fully saturated rings. The predicted molar refractivity (Wildman–Crippen MR) is 122 cm³/mol. The molecule has 0 radical (unpaired) electrons. The number of thioether (sulfide) groups is 1. The van der Waals surface area contributed by atoms with Gasteiger partial charge in [-0.1, -0.05) is 60.7 Å². The lowest BCUT2D eigenvalue weighted by Crippen LogP contribution is -2.31. The molecule has 152 valence electrons. The van der Waals surface area contributed by atoms with E-state index in [2.05, 4.69) is 46.0 Å². The highest BCUT2D eigenvalue weighted by molar-refractivity contribution is 7.98. The van der Waals surface area contributed by atoms with Crippen molar-refractivity contribution in [1.29, 1.82) is 0 Å². The van der Waals surface area contributed by atoms with Gasteiger partial charge in [-0.3, -0.25) is 9.20 Å². The third-order valence-electron chi connectivity index (χ3n) is 5.02. The maximum Gasteiger partial charge on any atom is 0.225 e. The summed E-state index contributed by atoms with van der Waals surface area (Å²) in [4.78, 5) is 12.8. The van der Waals surface area contributed by atoms with Crippen molar-refractivity contribution in [3.8, 4) is 11.1 Å². The lowest BCUT2D eigenvalue weighted by Gasteiger charge is -2.17. The van der Waals surface area contributed by atoms with Crippen LogP contribution in [0.4, 0.5) is 0 Å². The van der Waals surface area contributed by atoms with Gasteiger partial charge in [0.05, 0.1) is 12.5 Å². The highest BCUT2D eigenvalue weighted by Gasteiger charge is 2.20. The molecule has 0 spiro atoms. The standard InChI is InChI=1S/C24H24N4OS/c1-30-16-14-21(24-27-26-22-9-5-6-15-28(22)24)25-23(29)17-18-10-12-20(13-11-18)19-7-3-2-4-8-19/h2-13,15,21H,14,16-17H2,1H3,(H,25,29). The van der Waals surface area contributed by atoms with Gasteiger partial charge in [-0.25, -0.2) is 0 Å². The van der Waals surface area contributed by atoms with Gasteiger partial charge < -0.3 is 5.32 Å². The zero-order valence-corrected chi connectivity index (χ0v) is 17.7. The molecule has 0 aliphatic heterocycles. The number of benzene rings is 2. The SMILES string of the molecule is CSCCC(NC(=O)Cc1ccc(-c2ccccc2)cc1)c1nnc2ccccn12. The van der Waals surface area contributed by atoms with Crippen molar-refractivity contribution in [2.45, 2.75) is 18.9 Å². The maximum absolute atomic E-state index is 12.8. The van der Waals surface area contributed by atoms with Crippen molar-refractivity contribution >= 4 is 23.3 Å². The Labute approximate surface area is 180 Å². The quantitative estimate of drug-likeness (QED) is 0.458. The zero-order chi connectivity index (χ0) is 20.8. The lowest BCUT2D eigenvalue weighted by molar-refractivity contribution is -0.121. The van der Waals surface area contributed by atoms with Gasteiger partial charge in [-0.2, -0.15) is 11.8 Å². The molecule has 2 heterocycles. The van der Waals surface area contributed by atoms with Crippen LogP contribution in [0, 0.1) is 0 Å². The third kappa shape index (κ3) is 4.71. The summed E-state index contributed by atoms with van der Waals surface area (Å²) in [5, 5.41) is 11.7. The van der Waals surface area contributed by atoms with Crippen molar-refractivity contribution in [1.82, 2.24) is 19.9 Å². The second kappa shape index (κ2) is 9.59. The largest absolute Gasteiger partial charge is 0.346 e. The fraction of sp³-hybridized carbons (Fsp3) is 0.208. The summed E-state index contributed by atoms with van der Waals surface area (Å²) in [6.07, 6.45) is 5.14. The van der Waals surface area contributed by atoms with Crippen molar-refractivity contribution < 1.29 is 4.79 Å². The normalized spacial score (nSPS) is 12.0. The number of rotatable bonds is 8. The molecular weight excluding hydrogens is 392 g/mol. The van der Waals surface area contributed by atoms with E-state index in [1.807, 2.05) is 59.1 Å². The van der Waals surface area contributed by atoms with E-state index >= 15 is 0 Å². The van der Waals surface area contributed by atoms with Gasteiger partial charge in [-0.15, -0.1) is 10.2 Å². The average Bonchev–Trinajstić information content (AvgIpc) is 3.22. The molecule has 1 N–H and O–H groups in total. The summed E-state index contributed by atoms with van der Waals surface area (Å²) in [7, 11) is 0. The summed E-state index contributed by atoms with van der Waals surface area (Å²) in [5.74, 6) is 1.69. The topological polar surface area (TPSA) is 59.3 Å². The van der Waals surface area contributed by atoms with Gasteiger partial charge in [0.15, 0.2) is 11.5 Å². The molecule has 0 saturated heterocycles. The number of carbonyl (C=O) groups is 1. The van der Waals surface area contributed by atoms with Crippen LogP contribution in [0.15, 0.2) is 79.0 Å². The molecule has 1 unspecified atom stereocenters. The van der Waals surface area contributed by atoms with Crippen LogP contribution < -0.4 is 5.32 Å². The Morgan fingerprint density at radius 1 is 0.967 bits per heavy atom. The first-order valence-electron chi connectivity index (χ1n) is 9.97. The van der Waals surface area contributed by atoms with E-state index in [0.717, 1.165) is 34.8 Å². The summed E-state index contributed by atoms with van der Waals surface area (Å²) in [6, 6.07) is 24.0. The maximum atomic E-state index is 12.8.